The van der Waals surface area contributed by atoms with Gasteiger partial charge in [0.15, 0.2) is 0 Å². The lowest BCUT2D eigenvalue weighted by molar-refractivity contribution is 0.0600. The van der Waals surface area contributed by atoms with E-state index in [4.69, 9.17) is 4.74 Å². The summed E-state index contributed by atoms with van der Waals surface area (Å²) >= 11 is 0. The van der Waals surface area contributed by atoms with Crippen LogP contribution in [0.1, 0.15) is 56.1 Å². The van der Waals surface area contributed by atoms with E-state index in [2.05, 4.69) is 45.3 Å². The van der Waals surface area contributed by atoms with E-state index in [1.54, 1.807) is 12.1 Å². The summed E-state index contributed by atoms with van der Waals surface area (Å²) in [7, 11) is 5.44. The van der Waals surface area contributed by atoms with Gasteiger partial charge >= 0.3 is 5.97 Å². The molecule has 2 aromatic carbocycles. The second-order valence-corrected chi connectivity index (χ2v) is 9.31. The predicted octanol–water partition coefficient (Wildman–Crippen LogP) is 3.86. The van der Waals surface area contributed by atoms with Gasteiger partial charge in [-0.2, -0.15) is 5.10 Å². The molecule has 0 bridgehead atoms. The van der Waals surface area contributed by atoms with Crippen molar-refractivity contribution in [2.45, 2.75) is 39.9 Å². The fourth-order valence-corrected chi connectivity index (χ4v) is 4.58. The van der Waals surface area contributed by atoms with Gasteiger partial charge in [0, 0.05) is 32.9 Å². The molecule has 184 valence electrons. The highest BCUT2D eigenvalue weighted by Crippen LogP contribution is 2.31. The zero-order chi connectivity index (χ0) is 25.3. The largest absolute Gasteiger partial charge is 0.465 e. The van der Waals surface area contributed by atoms with Crippen molar-refractivity contribution in [3.63, 3.8) is 0 Å². The summed E-state index contributed by atoms with van der Waals surface area (Å²) in [6.45, 7) is 8.17. The fraction of sp³-hybridized carbons (Fsp3) is 0.370. The molecule has 1 aliphatic heterocycles. The van der Waals surface area contributed by atoms with E-state index in [0.29, 0.717) is 23.4 Å². The van der Waals surface area contributed by atoms with Crippen molar-refractivity contribution >= 4 is 23.4 Å². The number of benzene rings is 2. The molecule has 0 spiro atoms. The number of aryl methyl sites for hydroxylation is 2. The Morgan fingerprint density at radius 1 is 1.11 bits per heavy atom. The summed E-state index contributed by atoms with van der Waals surface area (Å²) in [5.74, 6) is 0.324. The van der Waals surface area contributed by atoms with Crippen LogP contribution >= 0.6 is 0 Å². The molecule has 0 unspecified atom stereocenters. The second-order valence-electron chi connectivity index (χ2n) is 9.31. The van der Waals surface area contributed by atoms with Gasteiger partial charge in [-0.3, -0.25) is 4.79 Å². The number of nitrogens with zero attached hydrogens (tertiary/aromatic N) is 4. The van der Waals surface area contributed by atoms with Crippen LogP contribution in [0.4, 0.5) is 11.5 Å². The smallest absolute Gasteiger partial charge is 0.337 e. The van der Waals surface area contributed by atoms with Crippen LogP contribution < -0.4 is 15.1 Å². The highest BCUT2D eigenvalue weighted by Gasteiger charge is 2.30. The third kappa shape index (κ3) is 5.01. The molecule has 1 aliphatic rings. The van der Waals surface area contributed by atoms with Crippen molar-refractivity contribution < 1.29 is 14.3 Å². The van der Waals surface area contributed by atoms with Crippen molar-refractivity contribution in [3.05, 3.63) is 76.0 Å². The minimum atomic E-state index is -0.384. The lowest BCUT2D eigenvalue weighted by atomic mass is 10.1. The van der Waals surface area contributed by atoms with Crippen LogP contribution in [0.5, 0.6) is 0 Å². The Balaban J connectivity index is 1.54. The van der Waals surface area contributed by atoms with Gasteiger partial charge in [-0.1, -0.05) is 18.2 Å². The Labute approximate surface area is 206 Å². The summed E-state index contributed by atoms with van der Waals surface area (Å²) in [6, 6.07) is 13.4. The molecular weight excluding hydrogens is 442 g/mol. The normalized spacial score (nSPS) is 13.4. The van der Waals surface area contributed by atoms with Gasteiger partial charge in [0.1, 0.15) is 11.4 Å². The van der Waals surface area contributed by atoms with E-state index in [0.717, 1.165) is 30.2 Å². The zero-order valence-corrected chi connectivity index (χ0v) is 21.3. The number of hydrogen-bond donors (Lipinski definition) is 1. The number of methoxy groups -OCH3 is 1. The molecule has 0 radical (unpaired) electrons. The predicted molar refractivity (Wildman–Crippen MR) is 137 cm³/mol. The molecule has 4 rings (SSSR count). The molecule has 35 heavy (non-hydrogen) atoms. The Morgan fingerprint density at radius 3 is 2.49 bits per heavy atom. The molecule has 1 N–H and O–H groups in total. The average molecular weight is 476 g/mol. The quantitative estimate of drug-likeness (QED) is 0.523. The summed E-state index contributed by atoms with van der Waals surface area (Å²) in [4.78, 5) is 29.5. The maximum Gasteiger partial charge on any atom is 0.337 e. The van der Waals surface area contributed by atoms with Crippen LogP contribution in [0.25, 0.3) is 0 Å². The fourth-order valence-electron chi connectivity index (χ4n) is 4.58. The molecule has 0 fully saturated rings. The Kier molecular flexibility index (Phi) is 6.82. The van der Waals surface area contributed by atoms with Gasteiger partial charge in [0.25, 0.3) is 5.91 Å². The number of carbonyl (C=O) groups is 2. The number of hydrogen-bond acceptors (Lipinski definition) is 6. The molecule has 0 saturated carbocycles. The van der Waals surface area contributed by atoms with Crippen LogP contribution in [0, 0.1) is 13.8 Å². The Morgan fingerprint density at radius 2 is 1.83 bits per heavy atom. The van der Waals surface area contributed by atoms with Crippen molar-refractivity contribution in [2.24, 2.45) is 0 Å². The van der Waals surface area contributed by atoms with Crippen LogP contribution in [0.15, 0.2) is 42.5 Å². The Hall–Kier alpha value is -3.81. The van der Waals surface area contributed by atoms with Gasteiger partial charge in [0.05, 0.1) is 31.0 Å². The first kappa shape index (κ1) is 24.3. The summed E-state index contributed by atoms with van der Waals surface area (Å²) in [5.41, 5.74) is 6.28. The van der Waals surface area contributed by atoms with Gasteiger partial charge in [-0.25, -0.2) is 9.48 Å². The number of aromatic nitrogens is 2. The number of nitrogens with one attached hydrogen (secondary N) is 1. The van der Waals surface area contributed by atoms with Crippen LogP contribution in [0.3, 0.4) is 0 Å². The molecule has 0 aliphatic carbocycles. The molecule has 3 aromatic rings. The lowest BCUT2D eigenvalue weighted by Gasteiger charge is -2.22. The molecule has 1 amide bonds. The number of esters is 1. The van der Waals surface area contributed by atoms with E-state index in [9.17, 15) is 9.59 Å². The molecule has 1 aromatic heterocycles. The monoisotopic (exact) mass is 475 g/mol. The average Bonchev–Trinajstić information content (AvgIpc) is 3.36. The van der Waals surface area contributed by atoms with E-state index in [-0.39, 0.29) is 17.9 Å². The molecule has 1 atom stereocenters. The van der Waals surface area contributed by atoms with E-state index in [1.165, 1.54) is 18.2 Å². The summed E-state index contributed by atoms with van der Waals surface area (Å²) in [6.07, 6.45) is 0. The van der Waals surface area contributed by atoms with E-state index < -0.39 is 0 Å². The van der Waals surface area contributed by atoms with Crippen molar-refractivity contribution in [2.75, 3.05) is 37.5 Å². The zero-order valence-electron chi connectivity index (χ0n) is 21.3. The molecule has 0 saturated heterocycles. The number of carbonyl (C=O) groups excluding carboxylic acids is 2. The first-order valence-corrected chi connectivity index (χ1v) is 11.8. The SMILES string of the molecule is COC(=O)c1ccc([C@H](C)NC(=O)c2c(C)nn3c2N(Cc2cc(C)cc(N(C)C)c2)CC3)cc1. The topological polar surface area (TPSA) is 79.7 Å². The maximum atomic E-state index is 13.4. The van der Waals surface area contributed by atoms with Crippen LogP contribution in [0.2, 0.25) is 0 Å². The molecule has 8 nitrogen and oxygen atoms in total. The molecule has 8 heteroatoms. The van der Waals surface area contributed by atoms with Gasteiger partial charge < -0.3 is 19.9 Å². The minimum Gasteiger partial charge on any atom is -0.465 e. The van der Waals surface area contributed by atoms with Gasteiger partial charge in [-0.05, 0) is 61.7 Å². The number of anilines is 2. The van der Waals surface area contributed by atoms with E-state index >= 15 is 0 Å². The third-order valence-corrected chi connectivity index (χ3v) is 6.40. The number of ether oxygens (including phenoxy) is 1. The van der Waals surface area contributed by atoms with Gasteiger partial charge in [0.2, 0.25) is 0 Å². The third-order valence-electron chi connectivity index (χ3n) is 6.40. The first-order valence-electron chi connectivity index (χ1n) is 11.8. The standard InChI is InChI=1S/C27H33N5O3/c1-17-13-20(15-23(14-17)30(4)5)16-31-11-12-32-26(31)24(19(3)29-32)25(33)28-18(2)21-7-9-22(10-8-21)27(34)35-6/h7-10,13-15,18H,11-12,16H2,1-6H3,(H,28,33)/t18-/m0/s1. The summed E-state index contributed by atoms with van der Waals surface area (Å²) in [5, 5.41) is 7.75. The maximum absolute atomic E-state index is 13.4. The van der Waals surface area contributed by atoms with E-state index in [1.807, 2.05) is 44.8 Å². The highest BCUT2D eigenvalue weighted by atomic mass is 16.5. The van der Waals surface area contributed by atoms with Crippen molar-refractivity contribution in [1.29, 1.82) is 0 Å². The lowest BCUT2D eigenvalue weighted by Crippen LogP contribution is -2.29. The second kappa shape index (κ2) is 9.82. The molecular formula is C27H33N5O3. The number of rotatable bonds is 7. The van der Waals surface area contributed by atoms with Crippen LogP contribution in [-0.4, -0.2) is 49.4 Å². The van der Waals surface area contributed by atoms with Crippen molar-refractivity contribution in [1.82, 2.24) is 15.1 Å². The Bertz CT molecular complexity index is 1250. The molecule has 2 heterocycles. The summed E-state index contributed by atoms with van der Waals surface area (Å²) < 4.78 is 6.69. The highest BCUT2D eigenvalue weighted by molar-refractivity contribution is 6.00. The number of fused-ring (bicyclic) bond motifs is 1. The van der Waals surface area contributed by atoms with Gasteiger partial charge in [-0.15, -0.1) is 0 Å². The van der Waals surface area contributed by atoms with Crippen LogP contribution in [-0.2, 0) is 17.8 Å². The minimum absolute atomic E-state index is 0.154. The number of amides is 1. The van der Waals surface area contributed by atoms with Crippen molar-refractivity contribution in [3.8, 4) is 0 Å². The first-order chi connectivity index (χ1) is 16.7.